The zero-order valence-electron chi connectivity index (χ0n) is 14.8. The Morgan fingerprint density at radius 2 is 1.75 bits per heavy atom. The smallest absolute Gasteiger partial charge is 0.242 e. The van der Waals surface area contributed by atoms with Gasteiger partial charge in [-0.1, -0.05) is 17.8 Å². The molecule has 0 aliphatic carbocycles. The topological polar surface area (TPSA) is 61.8 Å². The van der Waals surface area contributed by atoms with Crippen LogP contribution in [0.5, 0.6) is 0 Å². The van der Waals surface area contributed by atoms with Gasteiger partial charge in [0.25, 0.3) is 0 Å². The maximum Gasteiger partial charge on any atom is 0.242 e. The van der Waals surface area contributed by atoms with Gasteiger partial charge in [-0.3, -0.25) is 14.5 Å². The molecule has 1 fully saturated rings. The number of thioether (sulfide) groups is 1. The average molecular weight is 401 g/mol. The van der Waals surface area contributed by atoms with Crippen molar-refractivity contribution in [1.82, 2.24) is 4.90 Å². The number of nitrogens with one attached hydrogen (secondary N) is 1. The second-order valence-electron chi connectivity index (χ2n) is 5.97. The summed E-state index contributed by atoms with van der Waals surface area (Å²) in [6.07, 6.45) is 1.51. The molecule has 0 spiro atoms. The highest BCUT2D eigenvalue weighted by molar-refractivity contribution is 8.15. The van der Waals surface area contributed by atoms with Crippen molar-refractivity contribution in [1.29, 1.82) is 0 Å². The Bertz CT molecular complexity index is 914. The highest BCUT2D eigenvalue weighted by Gasteiger charge is 2.38. The summed E-state index contributed by atoms with van der Waals surface area (Å²) in [7, 11) is 0. The van der Waals surface area contributed by atoms with Gasteiger partial charge in [-0.15, -0.1) is 6.58 Å². The maximum absolute atomic E-state index is 13.1. The van der Waals surface area contributed by atoms with E-state index in [2.05, 4.69) is 16.9 Å². The molecule has 2 amide bonds. The van der Waals surface area contributed by atoms with Gasteiger partial charge < -0.3 is 5.32 Å². The Hall–Kier alpha value is -3.00. The molecule has 0 bridgehead atoms. The van der Waals surface area contributed by atoms with Crippen LogP contribution in [0.2, 0.25) is 0 Å². The van der Waals surface area contributed by atoms with Crippen molar-refractivity contribution in [2.24, 2.45) is 4.99 Å². The maximum atomic E-state index is 13.1. The lowest BCUT2D eigenvalue weighted by Crippen LogP contribution is -2.33. The fourth-order valence-electron chi connectivity index (χ4n) is 2.56. The van der Waals surface area contributed by atoms with E-state index in [1.165, 1.54) is 65.2 Å². The van der Waals surface area contributed by atoms with Crippen LogP contribution in [0.1, 0.15) is 6.42 Å². The Labute approximate surface area is 165 Å². The van der Waals surface area contributed by atoms with Crippen molar-refractivity contribution < 1.29 is 18.4 Å². The number of carbonyl (C=O) groups excluding carboxylic acids is 2. The highest BCUT2D eigenvalue weighted by Crippen LogP contribution is 2.31. The van der Waals surface area contributed by atoms with Gasteiger partial charge in [0.05, 0.1) is 5.69 Å². The van der Waals surface area contributed by atoms with Crippen molar-refractivity contribution >= 4 is 40.1 Å². The molecule has 0 radical (unpaired) electrons. The monoisotopic (exact) mass is 401 g/mol. The predicted octanol–water partition coefficient (Wildman–Crippen LogP) is 4.11. The summed E-state index contributed by atoms with van der Waals surface area (Å²) in [5.74, 6) is -1.39. The summed E-state index contributed by atoms with van der Waals surface area (Å²) in [5.41, 5.74) is 0.951. The van der Waals surface area contributed by atoms with E-state index in [0.29, 0.717) is 16.5 Å². The Balaban J connectivity index is 1.72. The number of benzene rings is 2. The summed E-state index contributed by atoms with van der Waals surface area (Å²) < 4.78 is 26.0. The molecule has 2 aromatic rings. The lowest BCUT2D eigenvalue weighted by atomic mass is 10.2. The van der Waals surface area contributed by atoms with E-state index >= 15 is 0 Å². The molecule has 1 N–H and O–H groups in total. The van der Waals surface area contributed by atoms with Crippen LogP contribution in [-0.2, 0) is 9.59 Å². The molecule has 144 valence electrons. The first-order chi connectivity index (χ1) is 13.5. The third-order valence-corrected chi connectivity index (χ3v) is 5.06. The van der Waals surface area contributed by atoms with E-state index in [4.69, 9.17) is 0 Å². The molecule has 0 aromatic heterocycles. The summed E-state index contributed by atoms with van der Waals surface area (Å²) in [4.78, 5) is 30.8. The molecular weight excluding hydrogens is 384 g/mol. The van der Waals surface area contributed by atoms with Crippen molar-refractivity contribution in [3.05, 3.63) is 72.8 Å². The van der Waals surface area contributed by atoms with Crippen LogP contribution in [-0.4, -0.2) is 33.7 Å². The van der Waals surface area contributed by atoms with Crippen molar-refractivity contribution in [3.63, 3.8) is 0 Å². The Morgan fingerprint density at radius 1 is 1.14 bits per heavy atom. The van der Waals surface area contributed by atoms with Crippen LogP contribution in [0.4, 0.5) is 20.2 Å². The average Bonchev–Trinajstić information content (AvgIpc) is 2.94. The minimum atomic E-state index is -0.639. The second-order valence-corrected chi connectivity index (χ2v) is 7.14. The third-order valence-electron chi connectivity index (χ3n) is 3.88. The van der Waals surface area contributed by atoms with E-state index in [1.807, 2.05) is 0 Å². The molecule has 2 aromatic carbocycles. The molecular formula is C20H17F2N3O2S. The zero-order valence-corrected chi connectivity index (χ0v) is 15.6. The van der Waals surface area contributed by atoms with Crippen LogP contribution in [0.3, 0.4) is 0 Å². The van der Waals surface area contributed by atoms with Crippen molar-refractivity contribution in [2.75, 3.05) is 11.9 Å². The summed E-state index contributed by atoms with van der Waals surface area (Å²) >= 11 is 1.17. The van der Waals surface area contributed by atoms with Gasteiger partial charge in [0.1, 0.15) is 16.9 Å². The van der Waals surface area contributed by atoms with E-state index in [-0.39, 0.29) is 30.6 Å². The molecule has 3 rings (SSSR count). The van der Waals surface area contributed by atoms with Gasteiger partial charge in [0.15, 0.2) is 5.17 Å². The van der Waals surface area contributed by atoms with Crippen molar-refractivity contribution in [2.45, 2.75) is 11.7 Å². The van der Waals surface area contributed by atoms with E-state index in [1.54, 1.807) is 6.08 Å². The highest BCUT2D eigenvalue weighted by atomic mass is 32.2. The lowest BCUT2D eigenvalue weighted by Gasteiger charge is -2.13. The van der Waals surface area contributed by atoms with E-state index < -0.39 is 11.1 Å². The summed E-state index contributed by atoms with van der Waals surface area (Å²) in [6.45, 7) is 3.89. The Morgan fingerprint density at radius 3 is 2.36 bits per heavy atom. The number of amides is 2. The minimum absolute atomic E-state index is 0.0586. The second kappa shape index (κ2) is 8.79. The number of anilines is 1. The fraction of sp³-hybridized carbons (Fsp3) is 0.150. The molecule has 8 heteroatoms. The molecule has 0 unspecified atom stereocenters. The number of halogens is 2. The number of hydrogen-bond donors (Lipinski definition) is 1. The standard InChI is InChI=1S/C20H17F2N3O2S/c1-2-11-25-19(27)17(12-18(26)23-15-7-3-13(21)4-8-15)28-20(25)24-16-9-5-14(22)6-10-16/h2-10,17H,1,11-12H2,(H,23,26)/t17-/m1/s1. The number of rotatable bonds is 6. The molecule has 1 aliphatic heterocycles. The van der Waals surface area contributed by atoms with Gasteiger partial charge in [-0.2, -0.15) is 0 Å². The van der Waals surface area contributed by atoms with Crippen LogP contribution < -0.4 is 5.32 Å². The number of nitrogens with zero attached hydrogens (tertiary/aromatic N) is 2. The first-order valence-electron chi connectivity index (χ1n) is 8.45. The fourth-order valence-corrected chi connectivity index (χ4v) is 3.73. The number of hydrogen-bond acceptors (Lipinski definition) is 4. The number of aliphatic imine (C=N–C) groups is 1. The third kappa shape index (κ3) is 4.83. The molecule has 1 saturated heterocycles. The molecule has 5 nitrogen and oxygen atoms in total. The normalized spacial score (nSPS) is 17.8. The van der Waals surface area contributed by atoms with Gasteiger partial charge in [0.2, 0.25) is 11.8 Å². The summed E-state index contributed by atoms with van der Waals surface area (Å²) in [5, 5.41) is 2.43. The van der Waals surface area contributed by atoms with Crippen LogP contribution in [0.15, 0.2) is 66.2 Å². The SMILES string of the molecule is C=CCN1C(=O)[C@@H](CC(=O)Nc2ccc(F)cc2)SC1=Nc1ccc(F)cc1. The Kier molecular flexibility index (Phi) is 6.20. The molecule has 1 atom stereocenters. The predicted molar refractivity (Wildman–Crippen MR) is 106 cm³/mol. The van der Waals surface area contributed by atoms with Crippen LogP contribution in [0, 0.1) is 11.6 Å². The molecule has 1 heterocycles. The quantitative estimate of drug-likeness (QED) is 0.741. The van der Waals surface area contributed by atoms with Gasteiger partial charge in [-0.25, -0.2) is 13.8 Å². The minimum Gasteiger partial charge on any atom is -0.326 e. The molecule has 1 aliphatic rings. The largest absolute Gasteiger partial charge is 0.326 e. The van der Waals surface area contributed by atoms with Crippen LogP contribution in [0.25, 0.3) is 0 Å². The first-order valence-corrected chi connectivity index (χ1v) is 9.33. The van der Waals surface area contributed by atoms with Crippen LogP contribution >= 0.6 is 11.8 Å². The van der Waals surface area contributed by atoms with E-state index in [9.17, 15) is 18.4 Å². The van der Waals surface area contributed by atoms with E-state index in [0.717, 1.165) is 0 Å². The summed E-state index contributed by atoms with van der Waals surface area (Å²) in [6, 6.07) is 11.0. The van der Waals surface area contributed by atoms with Gasteiger partial charge in [-0.05, 0) is 48.5 Å². The zero-order chi connectivity index (χ0) is 20.1. The number of amidine groups is 1. The van der Waals surface area contributed by atoms with Gasteiger partial charge in [0, 0.05) is 18.7 Å². The molecule has 0 saturated carbocycles. The molecule has 28 heavy (non-hydrogen) atoms. The van der Waals surface area contributed by atoms with Gasteiger partial charge >= 0.3 is 0 Å². The first kappa shape index (κ1) is 19.8. The number of carbonyl (C=O) groups is 2. The van der Waals surface area contributed by atoms with Crippen molar-refractivity contribution in [3.8, 4) is 0 Å². The lowest BCUT2D eigenvalue weighted by molar-refractivity contribution is -0.127.